The molecule has 0 unspecified atom stereocenters. The first kappa shape index (κ1) is 17.5. The number of benzene rings is 1. The van der Waals surface area contributed by atoms with Gasteiger partial charge in [-0.1, -0.05) is 15.9 Å². The van der Waals surface area contributed by atoms with Crippen LogP contribution in [0.2, 0.25) is 0 Å². The maximum Gasteiger partial charge on any atom is 0.262 e. The quantitative estimate of drug-likeness (QED) is 0.562. The van der Waals surface area contributed by atoms with Gasteiger partial charge < -0.3 is 4.74 Å². The summed E-state index contributed by atoms with van der Waals surface area (Å²) in [6.45, 7) is 3.07. The minimum absolute atomic E-state index is 0.0459. The van der Waals surface area contributed by atoms with Gasteiger partial charge in [-0.05, 0) is 48.4 Å². The van der Waals surface area contributed by atoms with E-state index in [1.807, 2.05) is 19.1 Å². The van der Waals surface area contributed by atoms with Crippen molar-refractivity contribution in [2.45, 2.75) is 29.4 Å². The third-order valence-corrected chi connectivity index (χ3v) is 5.63. The van der Waals surface area contributed by atoms with Crippen LogP contribution in [0.3, 0.4) is 0 Å². The van der Waals surface area contributed by atoms with Crippen molar-refractivity contribution in [3.05, 3.63) is 38.9 Å². The highest BCUT2D eigenvalue weighted by atomic mass is 79.9. The Balaban J connectivity index is 1.98. The maximum atomic E-state index is 12.7. The summed E-state index contributed by atoms with van der Waals surface area (Å²) in [6.07, 6.45) is 0.674. The third-order valence-electron chi connectivity index (χ3n) is 3.36. The van der Waals surface area contributed by atoms with Gasteiger partial charge in [0.2, 0.25) is 0 Å². The first-order chi connectivity index (χ1) is 11.6. The smallest absolute Gasteiger partial charge is 0.262 e. The first-order valence-electron chi connectivity index (χ1n) is 7.32. The number of nitrogens with zero attached hydrogens (tertiary/aromatic N) is 4. The van der Waals surface area contributed by atoms with E-state index in [1.54, 1.807) is 17.7 Å². The maximum absolute atomic E-state index is 12.7. The molecule has 0 saturated heterocycles. The summed E-state index contributed by atoms with van der Waals surface area (Å²) >= 11 is 6.08. The van der Waals surface area contributed by atoms with Crippen LogP contribution in [0.25, 0.3) is 10.9 Å². The Bertz CT molecular complexity index is 925. The predicted molar refractivity (Wildman–Crippen MR) is 99.0 cm³/mol. The molecule has 3 aromatic rings. The Morgan fingerprint density at radius 2 is 2.21 bits per heavy atom. The second-order valence-electron chi connectivity index (χ2n) is 4.93. The van der Waals surface area contributed by atoms with E-state index in [0.29, 0.717) is 35.6 Å². The first-order valence-corrected chi connectivity index (χ1v) is 9.70. The lowest BCUT2D eigenvalue weighted by atomic mass is 10.2. The number of hydrogen-bond acceptors (Lipinski definition) is 7. The number of rotatable bonds is 6. The van der Waals surface area contributed by atoms with Crippen molar-refractivity contribution >= 4 is 50.1 Å². The van der Waals surface area contributed by atoms with Gasteiger partial charge in [0.25, 0.3) is 5.56 Å². The zero-order valence-corrected chi connectivity index (χ0v) is 16.4. The molecule has 2 heterocycles. The molecule has 2 aromatic heterocycles. The fraction of sp³-hybridized carbons (Fsp3) is 0.333. The monoisotopic (exact) mass is 426 g/mol. The van der Waals surface area contributed by atoms with Gasteiger partial charge in [-0.15, -0.1) is 0 Å². The summed E-state index contributed by atoms with van der Waals surface area (Å²) in [5.41, 5.74) is 0.634. The molecule has 3 rings (SSSR count). The molecule has 0 aliphatic heterocycles. The van der Waals surface area contributed by atoms with Crippen LogP contribution in [0, 0.1) is 0 Å². The van der Waals surface area contributed by atoms with Gasteiger partial charge in [0.1, 0.15) is 5.82 Å². The van der Waals surface area contributed by atoms with Crippen molar-refractivity contribution < 1.29 is 4.74 Å². The highest BCUT2D eigenvalue weighted by Gasteiger charge is 2.14. The highest BCUT2D eigenvalue weighted by molar-refractivity contribution is 9.10. The molecule has 24 heavy (non-hydrogen) atoms. The SMILES string of the molecule is CCn1c(Sc2nc(CCOC)ns2)nc2ccc(Br)cc2c1=O. The molecule has 1 aromatic carbocycles. The van der Waals surface area contributed by atoms with E-state index < -0.39 is 0 Å². The van der Waals surface area contributed by atoms with Gasteiger partial charge in [-0.3, -0.25) is 9.36 Å². The fourth-order valence-corrected chi connectivity index (χ4v) is 4.26. The van der Waals surface area contributed by atoms with Crippen LogP contribution in [-0.2, 0) is 17.7 Å². The standard InChI is InChI=1S/C15H15BrN4O2S2/c1-3-20-13(21)10-8-9(16)4-5-11(10)17-14(20)23-15-18-12(19-24-15)6-7-22-2/h4-5,8H,3,6-7H2,1-2H3. The molecule has 0 fully saturated rings. The van der Waals surface area contributed by atoms with Crippen molar-refractivity contribution in [3.63, 3.8) is 0 Å². The molecule has 0 radical (unpaired) electrons. The number of fused-ring (bicyclic) bond motifs is 1. The molecule has 0 atom stereocenters. The van der Waals surface area contributed by atoms with E-state index in [9.17, 15) is 4.79 Å². The predicted octanol–water partition coefficient (Wildman–Crippen LogP) is 3.37. The van der Waals surface area contributed by atoms with Crippen molar-refractivity contribution in [1.29, 1.82) is 0 Å². The second-order valence-corrected chi connectivity index (χ2v) is 7.81. The Morgan fingerprint density at radius 3 is 2.96 bits per heavy atom. The molecule has 6 nitrogen and oxygen atoms in total. The molecular formula is C15H15BrN4O2S2. The Kier molecular flexibility index (Phi) is 5.65. The van der Waals surface area contributed by atoms with Crippen LogP contribution in [0.1, 0.15) is 12.7 Å². The minimum atomic E-state index is -0.0459. The average molecular weight is 427 g/mol. The van der Waals surface area contributed by atoms with E-state index in [1.165, 1.54) is 23.3 Å². The zero-order valence-electron chi connectivity index (χ0n) is 13.2. The van der Waals surface area contributed by atoms with Gasteiger partial charge in [0.05, 0.1) is 17.5 Å². The molecule has 0 amide bonds. The molecule has 0 N–H and O–H groups in total. The normalized spacial score (nSPS) is 11.3. The van der Waals surface area contributed by atoms with Crippen molar-refractivity contribution in [1.82, 2.24) is 18.9 Å². The van der Waals surface area contributed by atoms with E-state index in [4.69, 9.17) is 4.74 Å². The summed E-state index contributed by atoms with van der Waals surface area (Å²) in [6, 6.07) is 5.53. The van der Waals surface area contributed by atoms with Crippen LogP contribution < -0.4 is 5.56 Å². The van der Waals surface area contributed by atoms with Gasteiger partial charge in [-0.2, -0.15) is 4.37 Å². The van der Waals surface area contributed by atoms with Crippen molar-refractivity contribution in [3.8, 4) is 0 Å². The van der Waals surface area contributed by atoms with E-state index in [2.05, 4.69) is 30.3 Å². The average Bonchev–Trinajstić information content (AvgIpc) is 3.01. The van der Waals surface area contributed by atoms with Crippen LogP contribution in [0.4, 0.5) is 0 Å². The zero-order chi connectivity index (χ0) is 17.1. The topological polar surface area (TPSA) is 69.9 Å². The summed E-state index contributed by atoms with van der Waals surface area (Å²) in [4.78, 5) is 21.8. The summed E-state index contributed by atoms with van der Waals surface area (Å²) in [5, 5.41) is 1.24. The summed E-state index contributed by atoms with van der Waals surface area (Å²) < 4.78 is 12.6. The molecule has 126 valence electrons. The molecule has 0 spiro atoms. The molecule has 0 bridgehead atoms. The van der Waals surface area contributed by atoms with E-state index in [-0.39, 0.29) is 5.56 Å². The van der Waals surface area contributed by atoms with E-state index in [0.717, 1.165) is 14.6 Å². The van der Waals surface area contributed by atoms with Crippen LogP contribution >= 0.6 is 39.2 Å². The number of halogens is 1. The molecule has 0 saturated carbocycles. The Labute approximate surface area is 155 Å². The second kappa shape index (κ2) is 7.73. The Morgan fingerprint density at radius 1 is 1.38 bits per heavy atom. The van der Waals surface area contributed by atoms with Crippen LogP contribution in [0.15, 0.2) is 37.0 Å². The lowest BCUT2D eigenvalue weighted by molar-refractivity contribution is 0.200. The van der Waals surface area contributed by atoms with Gasteiger partial charge in [0.15, 0.2) is 9.50 Å². The summed E-state index contributed by atoms with van der Waals surface area (Å²) in [5.74, 6) is 0.750. The van der Waals surface area contributed by atoms with Crippen molar-refractivity contribution in [2.24, 2.45) is 0 Å². The van der Waals surface area contributed by atoms with Crippen LogP contribution in [-0.4, -0.2) is 32.6 Å². The van der Waals surface area contributed by atoms with E-state index >= 15 is 0 Å². The number of aromatic nitrogens is 4. The summed E-state index contributed by atoms with van der Waals surface area (Å²) in [7, 11) is 1.65. The van der Waals surface area contributed by atoms with Crippen molar-refractivity contribution in [2.75, 3.05) is 13.7 Å². The Hall–Kier alpha value is -1.29. The third kappa shape index (κ3) is 3.69. The lowest BCUT2D eigenvalue weighted by Gasteiger charge is -2.09. The number of hydrogen-bond donors (Lipinski definition) is 0. The molecular weight excluding hydrogens is 412 g/mol. The van der Waals surface area contributed by atoms with Crippen LogP contribution in [0.5, 0.6) is 0 Å². The molecule has 9 heteroatoms. The fourth-order valence-electron chi connectivity index (χ4n) is 2.18. The van der Waals surface area contributed by atoms with Gasteiger partial charge >= 0.3 is 0 Å². The minimum Gasteiger partial charge on any atom is -0.384 e. The largest absolute Gasteiger partial charge is 0.384 e. The highest BCUT2D eigenvalue weighted by Crippen LogP contribution is 2.28. The lowest BCUT2D eigenvalue weighted by Crippen LogP contribution is -2.22. The molecule has 0 aliphatic rings. The number of methoxy groups -OCH3 is 1. The van der Waals surface area contributed by atoms with Gasteiger partial charge in [0, 0.05) is 24.5 Å². The van der Waals surface area contributed by atoms with Gasteiger partial charge in [-0.25, -0.2) is 9.97 Å². The number of ether oxygens (including phenoxy) is 1. The molecule has 0 aliphatic carbocycles.